The van der Waals surface area contributed by atoms with E-state index in [4.69, 9.17) is 5.11 Å². The first-order valence-corrected chi connectivity index (χ1v) is 5.88. The highest BCUT2D eigenvalue weighted by Crippen LogP contribution is 2.21. The summed E-state index contributed by atoms with van der Waals surface area (Å²) in [6, 6.07) is -0.252. The summed E-state index contributed by atoms with van der Waals surface area (Å²) in [7, 11) is 0. The summed E-state index contributed by atoms with van der Waals surface area (Å²) in [4.78, 5) is 23.5. The van der Waals surface area contributed by atoms with Gasteiger partial charge in [-0.05, 0) is 18.8 Å². The van der Waals surface area contributed by atoms with Crippen LogP contribution >= 0.6 is 0 Å². The van der Waals surface area contributed by atoms with Crippen LogP contribution in [0.4, 0.5) is 4.79 Å². The Morgan fingerprint density at radius 2 is 2.00 bits per heavy atom. The molecule has 2 amide bonds. The molecule has 5 nitrogen and oxygen atoms in total. The zero-order valence-electron chi connectivity index (χ0n) is 9.74. The minimum Gasteiger partial charge on any atom is -0.480 e. The van der Waals surface area contributed by atoms with Crippen LogP contribution in [0.15, 0.2) is 0 Å². The highest BCUT2D eigenvalue weighted by molar-refractivity contribution is 5.79. The van der Waals surface area contributed by atoms with Gasteiger partial charge in [-0.25, -0.2) is 4.79 Å². The van der Waals surface area contributed by atoms with Crippen LogP contribution in [0.5, 0.6) is 0 Å². The fourth-order valence-corrected chi connectivity index (χ4v) is 2.10. The van der Waals surface area contributed by atoms with E-state index in [9.17, 15) is 9.59 Å². The number of nitrogens with one attached hydrogen (secondary N) is 1. The SMILES string of the molecule is CCCC1CCN(C(=O)NCC(=O)O)CC1. The molecular formula is C11H20N2O3. The van der Waals surface area contributed by atoms with E-state index in [2.05, 4.69) is 12.2 Å². The molecular weight excluding hydrogens is 208 g/mol. The third kappa shape index (κ3) is 4.08. The molecule has 0 aliphatic carbocycles. The first-order chi connectivity index (χ1) is 7.63. The van der Waals surface area contributed by atoms with Gasteiger partial charge in [-0.3, -0.25) is 4.79 Å². The van der Waals surface area contributed by atoms with Gasteiger partial charge >= 0.3 is 12.0 Å². The highest BCUT2D eigenvalue weighted by atomic mass is 16.4. The summed E-state index contributed by atoms with van der Waals surface area (Å²) in [5.41, 5.74) is 0. The Hall–Kier alpha value is -1.26. The smallest absolute Gasteiger partial charge is 0.323 e. The Morgan fingerprint density at radius 1 is 1.38 bits per heavy atom. The summed E-state index contributed by atoms with van der Waals surface area (Å²) in [6.07, 6.45) is 4.49. The zero-order chi connectivity index (χ0) is 12.0. The lowest BCUT2D eigenvalue weighted by atomic mass is 9.93. The van der Waals surface area contributed by atoms with Crippen molar-refractivity contribution in [3.8, 4) is 0 Å². The van der Waals surface area contributed by atoms with E-state index in [1.54, 1.807) is 4.90 Å². The first-order valence-electron chi connectivity index (χ1n) is 5.88. The number of carbonyl (C=O) groups is 2. The minimum absolute atomic E-state index is 0.252. The molecule has 0 atom stereocenters. The van der Waals surface area contributed by atoms with Crippen molar-refractivity contribution in [1.82, 2.24) is 10.2 Å². The quantitative estimate of drug-likeness (QED) is 0.761. The second-order valence-electron chi connectivity index (χ2n) is 4.27. The molecule has 1 saturated heterocycles. The lowest BCUT2D eigenvalue weighted by molar-refractivity contribution is -0.135. The second-order valence-corrected chi connectivity index (χ2v) is 4.27. The van der Waals surface area contributed by atoms with E-state index in [1.807, 2.05) is 0 Å². The van der Waals surface area contributed by atoms with Crippen molar-refractivity contribution in [2.45, 2.75) is 32.6 Å². The normalized spacial score (nSPS) is 17.2. The van der Waals surface area contributed by atoms with Crippen LogP contribution in [0.3, 0.4) is 0 Å². The van der Waals surface area contributed by atoms with Crippen molar-refractivity contribution in [1.29, 1.82) is 0 Å². The fourth-order valence-electron chi connectivity index (χ4n) is 2.10. The van der Waals surface area contributed by atoms with Crippen LogP contribution < -0.4 is 5.32 Å². The van der Waals surface area contributed by atoms with E-state index in [0.717, 1.165) is 31.8 Å². The molecule has 1 aliphatic rings. The number of piperidine rings is 1. The van der Waals surface area contributed by atoms with E-state index >= 15 is 0 Å². The Kier molecular flexibility index (Phi) is 5.08. The van der Waals surface area contributed by atoms with Gasteiger partial charge in [0.2, 0.25) is 0 Å². The number of urea groups is 1. The van der Waals surface area contributed by atoms with Gasteiger partial charge in [0.15, 0.2) is 0 Å². The van der Waals surface area contributed by atoms with E-state index < -0.39 is 5.97 Å². The van der Waals surface area contributed by atoms with Crippen molar-refractivity contribution >= 4 is 12.0 Å². The topological polar surface area (TPSA) is 69.6 Å². The second kappa shape index (κ2) is 6.35. The Labute approximate surface area is 95.8 Å². The molecule has 0 radical (unpaired) electrons. The number of amides is 2. The van der Waals surface area contributed by atoms with Gasteiger partial charge in [-0.15, -0.1) is 0 Å². The molecule has 1 heterocycles. The maximum absolute atomic E-state index is 11.5. The van der Waals surface area contributed by atoms with Gasteiger partial charge in [0, 0.05) is 13.1 Å². The van der Waals surface area contributed by atoms with E-state index in [1.165, 1.54) is 12.8 Å². The summed E-state index contributed by atoms with van der Waals surface area (Å²) in [6.45, 7) is 3.37. The summed E-state index contributed by atoms with van der Waals surface area (Å²) in [5.74, 6) is -0.275. The average molecular weight is 228 g/mol. The number of likely N-dealkylation sites (tertiary alicyclic amines) is 1. The fraction of sp³-hybridized carbons (Fsp3) is 0.818. The number of nitrogens with zero attached hydrogens (tertiary/aromatic N) is 1. The highest BCUT2D eigenvalue weighted by Gasteiger charge is 2.22. The number of hydrogen-bond donors (Lipinski definition) is 2. The van der Waals surface area contributed by atoms with Crippen LogP contribution in [-0.2, 0) is 4.79 Å². The molecule has 1 rings (SSSR count). The van der Waals surface area contributed by atoms with Gasteiger partial charge in [-0.2, -0.15) is 0 Å². The van der Waals surface area contributed by atoms with Crippen molar-refractivity contribution in [3.63, 3.8) is 0 Å². The predicted octanol–water partition coefficient (Wildman–Crippen LogP) is 1.29. The maximum Gasteiger partial charge on any atom is 0.323 e. The Balaban J connectivity index is 2.24. The molecule has 0 aromatic rings. The zero-order valence-corrected chi connectivity index (χ0v) is 9.74. The molecule has 5 heteroatoms. The van der Waals surface area contributed by atoms with E-state index in [-0.39, 0.29) is 12.6 Å². The summed E-state index contributed by atoms with van der Waals surface area (Å²) < 4.78 is 0. The number of carboxylic acid groups (broad SMARTS) is 1. The minimum atomic E-state index is -1.01. The molecule has 0 saturated carbocycles. The van der Waals surface area contributed by atoms with Crippen molar-refractivity contribution in [2.75, 3.05) is 19.6 Å². The van der Waals surface area contributed by atoms with Crippen molar-refractivity contribution in [2.24, 2.45) is 5.92 Å². The van der Waals surface area contributed by atoms with Gasteiger partial charge in [0.05, 0.1) is 0 Å². The Bertz CT molecular complexity index is 248. The molecule has 0 aromatic heterocycles. The number of carboxylic acids is 1. The molecule has 92 valence electrons. The van der Waals surface area contributed by atoms with Gasteiger partial charge in [-0.1, -0.05) is 19.8 Å². The summed E-state index contributed by atoms with van der Waals surface area (Å²) in [5, 5.41) is 10.8. The van der Waals surface area contributed by atoms with Crippen LogP contribution in [0.1, 0.15) is 32.6 Å². The molecule has 0 aromatic carbocycles. The van der Waals surface area contributed by atoms with Crippen molar-refractivity contribution < 1.29 is 14.7 Å². The lowest BCUT2D eigenvalue weighted by Gasteiger charge is -2.31. The Morgan fingerprint density at radius 3 is 2.50 bits per heavy atom. The predicted molar refractivity (Wildman–Crippen MR) is 60.2 cm³/mol. The third-order valence-corrected chi connectivity index (χ3v) is 2.99. The third-order valence-electron chi connectivity index (χ3n) is 2.99. The molecule has 0 unspecified atom stereocenters. The monoisotopic (exact) mass is 228 g/mol. The lowest BCUT2D eigenvalue weighted by Crippen LogP contribution is -2.45. The van der Waals surface area contributed by atoms with Crippen LogP contribution in [0.2, 0.25) is 0 Å². The largest absolute Gasteiger partial charge is 0.480 e. The van der Waals surface area contributed by atoms with Crippen LogP contribution in [0.25, 0.3) is 0 Å². The van der Waals surface area contributed by atoms with Gasteiger partial charge < -0.3 is 15.3 Å². The standard InChI is InChI=1S/C11H20N2O3/c1-2-3-9-4-6-13(7-5-9)11(16)12-8-10(14)15/h9H,2-8H2,1H3,(H,12,16)(H,14,15). The molecule has 1 aliphatic heterocycles. The maximum atomic E-state index is 11.5. The van der Waals surface area contributed by atoms with Crippen molar-refractivity contribution in [3.05, 3.63) is 0 Å². The molecule has 1 fully saturated rings. The average Bonchev–Trinajstić information content (AvgIpc) is 2.27. The number of rotatable bonds is 4. The van der Waals surface area contributed by atoms with Crippen LogP contribution in [-0.4, -0.2) is 41.6 Å². The summed E-state index contributed by atoms with van der Waals surface area (Å²) >= 11 is 0. The number of aliphatic carboxylic acids is 1. The molecule has 16 heavy (non-hydrogen) atoms. The van der Waals surface area contributed by atoms with Gasteiger partial charge in [0.1, 0.15) is 6.54 Å². The number of carbonyl (C=O) groups excluding carboxylic acids is 1. The first kappa shape index (κ1) is 12.8. The van der Waals surface area contributed by atoms with Crippen LogP contribution in [0, 0.1) is 5.92 Å². The van der Waals surface area contributed by atoms with E-state index in [0.29, 0.717) is 0 Å². The van der Waals surface area contributed by atoms with Gasteiger partial charge in [0.25, 0.3) is 0 Å². The number of hydrogen-bond acceptors (Lipinski definition) is 2. The molecule has 0 spiro atoms. The molecule has 0 bridgehead atoms. The molecule has 2 N–H and O–H groups in total.